The number of rotatable bonds is 2. The van der Waals surface area contributed by atoms with E-state index in [2.05, 4.69) is 5.16 Å². The Kier molecular flexibility index (Phi) is 2.75. The van der Waals surface area contributed by atoms with E-state index >= 15 is 0 Å². The van der Waals surface area contributed by atoms with Gasteiger partial charge in [0.05, 0.1) is 18.9 Å². The molecule has 4 nitrogen and oxygen atoms in total. The standard InChI is InChI=1S/C11H11ClN2O2/c1-6-8(9-5-14-16-11(9)13)3-7(15-2)4-10(6)12/h3-5H,13H2,1-2H3. The average molecular weight is 239 g/mol. The molecule has 0 saturated carbocycles. The first-order valence-electron chi connectivity index (χ1n) is 4.68. The molecule has 16 heavy (non-hydrogen) atoms. The van der Waals surface area contributed by atoms with Crippen molar-refractivity contribution in [1.82, 2.24) is 5.16 Å². The molecule has 1 aromatic heterocycles. The van der Waals surface area contributed by atoms with Crippen molar-refractivity contribution >= 4 is 17.5 Å². The van der Waals surface area contributed by atoms with Gasteiger partial charge in [0, 0.05) is 5.02 Å². The number of nitrogens with zero attached hydrogens (tertiary/aromatic N) is 1. The molecule has 0 spiro atoms. The molecule has 0 fully saturated rings. The summed E-state index contributed by atoms with van der Waals surface area (Å²) >= 11 is 6.10. The number of nitrogens with two attached hydrogens (primary N) is 1. The van der Waals surface area contributed by atoms with Gasteiger partial charge in [0.2, 0.25) is 5.88 Å². The molecule has 2 N–H and O–H groups in total. The molecule has 5 heteroatoms. The Balaban J connectivity index is 2.64. The average Bonchev–Trinajstić information content (AvgIpc) is 2.68. The lowest BCUT2D eigenvalue weighted by Crippen LogP contribution is -1.91. The summed E-state index contributed by atoms with van der Waals surface area (Å²) in [6.45, 7) is 1.91. The largest absolute Gasteiger partial charge is 0.497 e. The van der Waals surface area contributed by atoms with Crippen LogP contribution in [0.25, 0.3) is 11.1 Å². The third-order valence-electron chi connectivity index (χ3n) is 2.44. The summed E-state index contributed by atoms with van der Waals surface area (Å²) in [5.74, 6) is 0.943. The van der Waals surface area contributed by atoms with Gasteiger partial charge in [0.15, 0.2) is 0 Å². The number of methoxy groups -OCH3 is 1. The SMILES string of the molecule is COc1cc(Cl)c(C)c(-c2cnoc2N)c1. The fraction of sp³-hybridized carbons (Fsp3) is 0.182. The molecule has 0 aliphatic rings. The molecule has 0 bridgehead atoms. The number of ether oxygens (including phenoxy) is 1. The Bertz CT molecular complexity index is 523. The number of hydrogen-bond donors (Lipinski definition) is 1. The quantitative estimate of drug-likeness (QED) is 0.874. The third kappa shape index (κ3) is 1.72. The molecule has 0 radical (unpaired) electrons. The molecule has 2 aromatic rings. The number of halogens is 1. The zero-order valence-electron chi connectivity index (χ0n) is 8.95. The highest BCUT2D eigenvalue weighted by atomic mass is 35.5. The molecule has 0 unspecified atom stereocenters. The predicted molar refractivity (Wildman–Crippen MR) is 62.7 cm³/mol. The van der Waals surface area contributed by atoms with Gasteiger partial charge in [-0.25, -0.2) is 0 Å². The summed E-state index contributed by atoms with van der Waals surface area (Å²) in [5, 5.41) is 4.26. The summed E-state index contributed by atoms with van der Waals surface area (Å²) in [6.07, 6.45) is 1.56. The highest BCUT2D eigenvalue weighted by molar-refractivity contribution is 6.32. The number of hydrogen-bond acceptors (Lipinski definition) is 4. The molecular formula is C11H11ClN2O2. The molecular weight excluding hydrogens is 228 g/mol. The maximum Gasteiger partial charge on any atom is 0.229 e. The normalized spacial score (nSPS) is 10.4. The van der Waals surface area contributed by atoms with Crippen LogP contribution in [0.1, 0.15) is 5.56 Å². The van der Waals surface area contributed by atoms with Crippen molar-refractivity contribution in [1.29, 1.82) is 0 Å². The maximum atomic E-state index is 6.10. The highest BCUT2D eigenvalue weighted by Gasteiger charge is 2.13. The second-order valence-corrected chi connectivity index (χ2v) is 3.79. The van der Waals surface area contributed by atoms with Gasteiger partial charge < -0.3 is 15.0 Å². The first-order valence-corrected chi connectivity index (χ1v) is 5.06. The van der Waals surface area contributed by atoms with Crippen LogP contribution in [-0.4, -0.2) is 12.3 Å². The van der Waals surface area contributed by atoms with Crippen molar-refractivity contribution in [2.45, 2.75) is 6.92 Å². The second-order valence-electron chi connectivity index (χ2n) is 3.39. The van der Waals surface area contributed by atoms with Crippen LogP contribution in [0.15, 0.2) is 22.9 Å². The monoisotopic (exact) mass is 238 g/mol. The molecule has 0 aliphatic carbocycles. The van der Waals surface area contributed by atoms with Gasteiger partial charge in [-0.05, 0) is 30.2 Å². The summed E-state index contributed by atoms with van der Waals surface area (Å²) in [5.41, 5.74) is 8.17. The van der Waals surface area contributed by atoms with Crippen LogP contribution in [0.3, 0.4) is 0 Å². The molecule has 1 heterocycles. The minimum Gasteiger partial charge on any atom is -0.497 e. The Morgan fingerprint density at radius 3 is 2.69 bits per heavy atom. The van der Waals surface area contributed by atoms with E-state index in [1.165, 1.54) is 0 Å². The molecule has 1 aromatic carbocycles. The van der Waals surface area contributed by atoms with Gasteiger partial charge in [0.25, 0.3) is 0 Å². The Hall–Kier alpha value is -1.68. The van der Waals surface area contributed by atoms with Crippen molar-refractivity contribution in [3.63, 3.8) is 0 Å². The van der Waals surface area contributed by atoms with Gasteiger partial charge >= 0.3 is 0 Å². The van der Waals surface area contributed by atoms with Crippen molar-refractivity contribution in [2.75, 3.05) is 12.8 Å². The Morgan fingerprint density at radius 1 is 1.38 bits per heavy atom. The third-order valence-corrected chi connectivity index (χ3v) is 2.83. The first-order chi connectivity index (χ1) is 7.63. The van der Waals surface area contributed by atoms with Crippen LogP contribution in [-0.2, 0) is 0 Å². The summed E-state index contributed by atoms with van der Waals surface area (Å²) in [7, 11) is 1.59. The summed E-state index contributed by atoms with van der Waals surface area (Å²) < 4.78 is 9.98. The second kappa shape index (κ2) is 4.06. The van der Waals surface area contributed by atoms with Crippen molar-refractivity contribution in [2.24, 2.45) is 0 Å². The number of nitrogen functional groups attached to an aromatic ring is 1. The van der Waals surface area contributed by atoms with Crippen molar-refractivity contribution in [3.05, 3.63) is 28.9 Å². The molecule has 2 rings (SSSR count). The lowest BCUT2D eigenvalue weighted by molar-refractivity contribution is 0.415. The lowest BCUT2D eigenvalue weighted by Gasteiger charge is -2.09. The Labute approximate surface area is 97.9 Å². The highest BCUT2D eigenvalue weighted by Crippen LogP contribution is 2.35. The van der Waals surface area contributed by atoms with E-state index in [0.29, 0.717) is 10.8 Å². The molecule has 0 amide bonds. The summed E-state index contributed by atoms with van der Waals surface area (Å²) in [4.78, 5) is 0. The van der Waals surface area contributed by atoms with E-state index in [1.54, 1.807) is 19.4 Å². The molecule has 84 valence electrons. The van der Waals surface area contributed by atoms with Crippen LogP contribution in [0.4, 0.5) is 5.88 Å². The van der Waals surface area contributed by atoms with Crippen LogP contribution >= 0.6 is 11.6 Å². The van der Waals surface area contributed by atoms with Gasteiger partial charge in [-0.1, -0.05) is 16.8 Å². The van der Waals surface area contributed by atoms with Gasteiger partial charge in [-0.15, -0.1) is 0 Å². The van der Waals surface area contributed by atoms with Crippen LogP contribution < -0.4 is 10.5 Å². The first kappa shape index (κ1) is 10.8. The van der Waals surface area contributed by atoms with Crippen molar-refractivity contribution in [3.8, 4) is 16.9 Å². The lowest BCUT2D eigenvalue weighted by atomic mass is 10.0. The minimum absolute atomic E-state index is 0.271. The fourth-order valence-electron chi connectivity index (χ4n) is 1.50. The minimum atomic E-state index is 0.271. The van der Waals surface area contributed by atoms with E-state index in [-0.39, 0.29) is 5.88 Å². The smallest absolute Gasteiger partial charge is 0.229 e. The van der Waals surface area contributed by atoms with Crippen LogP contribution in [0.5, 0.6) is 5.75 Å². The predicted octanol–water partition coefficient (Wildman–Crippen LogP) is 2.89. The fourth-order valence-corrected chi connectivity index (χ4v) is 1.71. The van der Waals surface area contributed by atoms with E-state index in [1.807, 2.05) is 13.0 Å². The molecule has 0 aliphatic heterocycles. The number of anilines is 1. The maximum absolute atomic E-state index is 6.10. The van der Waals surface area contributed by atoms with E-state index in [4.69, 9.17) is 26.6 Å². The molecule has 0 saturated heterocycles. The van der Waals surface area contributed by atoms with Crippen LogP contribution in [0, 0.1) is 6.92 Å². The Morgan fingerprint density at radius 2 is 2.12 bits per heavy atom. The van der Waals surface area contributed by atoms with E-state index < -0.39 is 0 Å². The topological polar surface area (TPSA) is 61.3 Å². The number of aromatic nitrogens is 1. The van der Waals surface area contributed by atoms with Gasteiger partial charge in [-0.3, -0.25) is 0 Å². The van der Waals surface area contributed by atoms with Gasteiger partial charge in [-0.2, -0.15) is 0 Å². The zero-order valence-corrected chi connectivity index (χ0v) is 9.71. The summed E-state index contributed by atoms with van der Waals surface area (Å²) in [6, 6.07) is 3.61. The van der Waals surface area contributed by atoms with E-state index in [0.717, 1.165) is 16.7 Å². The van der Waals surface area contributed by atoms with Crippen LogP contribution in [0.2, 0.25) is 5.02 Å². The zero-order chi connectivity index (χ0) is 11.7. The van der Waals surface area contributed by atoms with E-state index in [9.17, 15) is 0 Å². The number of benzene rings is 1. The molecule has 0 atom stereocenters. The van der Waals surface area contributed by atoms with Gasteiger partial charge in [0.1, 0.15) is 5.75 Å². The van der Waals surface area contributed by atoms with Crippen molar-refractivity contribution < 1.29 is 9.26 Å².